The van der Waals surface area contributed by atoms with Gasteiger partial charge in [0.05, 0.1) is 6.54 Å². The first-order chi connectivity index (χ1) is 9.86. The summed E-state index contributed by atoms with van der Waals surface area (Å²) in [5.41, 5.74) is 5.53. The van der Waals surface area contributed by atoms with E-state index in [1.54, 1.807) is 4.31 Å². The maximum absolute atomic E-state index is 13.0. The summed E-state index contributed by atoms with van der Waals surface area (Å²) < 4.78 is 33.3. The van der Waals surface area contributed by atoms with Gasteiger partial charge >= 0.3 is 0 Å². The first-order valence-corrected chi connectivity index (χ1v) is 9.59. The summed E-state index contributed by atoms with van der Waals surface area (Å²) in [6.45, 7) is 4.78. The monoisotopic (exact) mass is 378 g/mol. The molecule has 1 aliphatic rings. The number of furan rings is 1. The molecule has 1 aromatic heterocycles. The van der Waals surface area contributed by atoms with Gasteiger partial charge in [0.15, 0.2) is 4.67 Å². The Morgan fingerprint density at radius 1 is 1.43 bits per heavy atom. The molecule has 1 aromatic rings. The predicted octanol–water partition coefficient (Wildman–Crippen LogP) is 3.09. The molecule has 2 rings (SSSR count). The van der Waals surface area contributed by atoms with Gasteiger partial charge in [-0.1, -0.05) is 26.7 Å². The number of hydrogen-bond acceptors (Lipinski definition) is 4. The Labute approximate surface area is 135 Å². The summed E-state index contributed by atoms with van der Waals surface area (Å²) in [5.74, 6) is 0.747. The van der Waals surface area contributed by atoms with Crippen molar-refractivity contribution in [3.63, 3.8) is 0 Å². The van der Waals surface area contributed by atoms with Crippen LogP contribution in [0.5, 0.6) is 0 Å². The van der Waals surface area contributed by atoms with E-state index in [9.17, 15) is 8.42 Å². The summed E-state index contributed by atoms with van der Waals surface area (Å²) in [6.07, 6.45) is 4.06. The summed E-state index contributed by atoms with van der Waals surface area (Å²) in [4.78, 5) is 0.190. The average molecular weight is 379 g/mol. The number of nitrogens with zero attached hydrogens (tertiary/aromatic N) is 1. The predicted molar refractivity (Wildman–Crippen MR) is 85.3 cm³/mol. The van der Waals surface area contributed by atoms with Crippen molar-refractivity contribution in [3.05, 3.63) is 16.5 Å². The van der Waals surface area contributed by atoms with Crippen LogP contribution in [0, 0.1) is 5.92 Å². The van der Waals surface area contributed by atoms with Gasteiger partial charge in [0, 0.05) is 18.7 Å². The van der Waals surface area contributed by atoms with Gasteiger partial charge in [0.25, 0.3) is 0 Å². The minimum atomic E-state index is -3.56. The van der Waals surface area contributed by atoms with Crippen molar-refractivity contribution in [2.24, 2.45) is 11.7 Å². The third-order valence-electron chi connectivity index (χ3n) is 3.77. The van der Waals surface area contributed by atoms with Crippen LogP contribution in [0.1, 0.15) is 45.3 Å². The molecule has 2 N–H and O–H groups in total. The van der Waals surface area contributed by atoms with Crippen LogP contribution in [0.15, 0.2) is 20.0 Å². The molecule has 0 aliphatic heterocycles. The average Bonchev–Trinajstić information content (AvgIpc) is 3.04. The lowest BCUT2D eigenvalue weighted by molar-refractivity contribution is 0.292. The molecular weight excluding hydrogens is 356 g/mol. The van der Waals surface area contributed by atoms with E-state index in [1.165, 1.54) is 6.07 Å². The fourth-order valence-corrected chi connectivity index (χ4v) is 5.61. The fraction of sp³-hybridized carbons (Fsp3) is 0.714. The van der Waals surface area contributed by atoms with Crippen molar-refractivity contribution in [2.45, 2.75) is 57.0 Å². The summed E-state index contributed by atoms with van der Waals surface area (Å²) in [7, 11) is -3.56. The van der Waals surface area contributed by atoms with Crippen molar-refractivity contribution in [1.29, 1.82) is 0 Å². The molecule has 0 spiro atoms. The Bertz CT molecular complexity index is 577. The van der Waals surface area contributed by atoms with Gasteiger partial charge in [0.1, 0.15) is 10.7 Å². The van der Waals surface area contributed by atoms with Crippen molar-refractivity contribution < 1.29 is 12.8 Å². The second-order valence-corrected chi connectivity index (χ2v) is 8.54. The molecule has 0 unspecified atom stereocenters. The quantitative estimate of drug-likeness (QED) is 0.824. The van der Waals surface area contributed by atoms with Crippen molar-refractivity contribution in [1.82, 2.24) is 4.31 Å². The van der Waals surface area contributed by atoms with Gasteiger partial charge in [0.2, 0.25) is 10.0 Å². The van der Waals surface area contributed by atoms with Crippen LogP contribution in [0.2, 0.25) is 0 Å². The molecule has 120 valence electrons. The van der Waals surface area contributed by atoms with E-state index in [-0.39, 0.29) is 28.1 Å². The molecular formula is C14H23BrN2O3S. The molecule has 0 bridgehead atoms. The topological polar surface area (TPSA) is 76.5 Å². The molecule has 1 saturated carbocycles. The Kier molecular flexibility index (Phi) is 5.51. The van der Waals surface area contributed by atoms with E-state index in [0.29, 0.717) is 12.3 Å². The molecule has 0 aromatic carbocycles. The summed E-state index contributed by atoms with van der Waals surface area (Å²) in [5, 5.41) is 0. The zero-order chi connectivity index (χ0) is 15.6. The Morgan fingerprint density at radius 2 is 2.05 bits per heavy atom. The highest BCUT2D eigenvalue weighted by molar-refractivity contribution is 9.10. The maximum atomic E-state index is 13.0. The van der Waals surface area contributed by atoms with Gasteiger partial charge in [-0.3, -0.25) is 0 Å². The van der Waals surface area contributed by atoms with Crippen molar-refractivity contribution in [3.8, 4) is 0 Å². The minimum Gasteiger partial charge on any atom is -0.452 e. The highest BCUT2D eigenvalue weighted by Gasteiger charge is 2.36. The van der Waals surface area contributed by atoms with E-state index in [0.717, 1.165) is 25.7 Å². The molecule has 0 amide bonds. The van der Waals surface area contributed by atoms with Crippen LogP contribution in [0.3, 0.4) is 0 Å². The Balaban J connectivity index is 2.38. The first-order valence-electron chi connectivity index (χ1n) is 7.36. The van der Waals surface area contributed by atoms with Crippen LogP contribution in [0.25, 0.3) is 0 Å². The second kappa shape index (κ2) is 6.81. The van der Waals surface area contributed by atoms with Gasteiger partial charge in [-0.2, -0.15) is 4.31 Å². The number of halogens is 1. The van der Waals surface area contributed by atoms with Crippen molar-refractivity contribution >= 4 is 26.0 Å². The van der Waals surface area contributed by atoms with E-state index in [4.69, 9.17) is 10.2 Å². The van der Waals surface area contributed by atoms with Gasteiger partial charge < -0.3 is 10.2 Å². The Hall–Kier alpha value is -0.370. The maximum Gasteiger partial charge on any atom is 0.247 e. The van der Waals surface area contributed by atoms with Crippen LogP contribution in [-0.2, 0) is 16.6 Å². The normalized spacial score (nSPS) is 17.2. The smallest absolute Gasteiger partial charge is 0.247 e. The number of rotatable bonds is 6. The standard InChI is InChI=1S/C14H23BrN2O3S/c1-10(2)9-17(11-5-3-4-6-11)21(18,19)13-7-12(8-16)20-14(13)15/h7,10-11H,3-6,8-9,16H2,1-2H3. The highest BCUT2D eigenvalue weighted by atomic mass is 79.9. The molecule has 0 saturated heterocycles. The SMILES string of the molecule is CC(C)CN(C1CCCC1)S(=O)(=O)c1cc(CN)oc1Br. The summed E-state index contributed by atoms with van der Waals surface area (Å²) in [6, 6.07) is 1.63. The van der Waals surface area contributed by atoms with Crippen LogP contribution >= 0.6 is 15.9 Å². The minimum absolute atomic E-state index is 0.0977. The molecule has 0 atom stereocenters. The third-order valence-corrected chi connectivity index (χ3v) is 6.55. The molecule has 1 aliphatic carbocycles. The molecule has 0 radical (unpaired) electrons. The first kappa shape index (κ1) is 17.0. The largest absolute Gasteiger partial charge is 0.452 e. The zero-order valence-electron chi connectivity index (χ0n) is 12.5. The van der Waals surface area contributed by atoms with E-state index < -0.39 is 10.0 Å². The zero-order valence-corrected chi connectivity index (χ0v) is 14.9. The van der Waals surface area contributed by atoms with E-state index in [1.807, 2.05) is 13.8 Å². The van der Waals surface area contributed by atoms with Crippen LogP contribution in [-0.4, -0.2) is 25.3 Å². The lowest BCUT2D eigenvalue weighted by Gasteiger charge is -2.29. The van der Waals surface area contributed by atoms with E-state index >= 15 is 0 Å². The molecule has 5 nitrogen and oxygen atoms in total. The number of hydrogen-bond donors (Lipinski definition) is 1. The number of sulfonamides is 1. The lowest BCUT2D eigenvalue weighted by atomic mass is 10.2. The van der Waals surface area contributed by atoms with Crippen LogP contribution < -0.4 is 5.73 Å². The summed E-state index contributed by atoms with van der Waals surface area (Å²) >= 11 is 3.21. The molecule has 1 heterocycles. The third kappa shape index (κ3) is 3.70. The lowest BCUT2D eigenvalue weighted by Crippen LogP contribution is -2.41. The van der Waals surface area contributed by atoms with Crippen molar-refractivity contribution in [2.75, 3.05) is 6.54 Å². The molecule has 1 fully saturated rings. The van der Waals surface area contributed by atoms with E-state index in [2.05, 4.69) is 15.9 Å². The second-order valence-electron chi connectivity index (χ2n) is 5.96. The van der Waals surface area contributed by atoms with Gasteiger partial charge in [-0.05, 0) is 34.7 Å². The Morgan fingerprint density at radius 3 is 2.52 bits per heavy atom. The highest BCUT2D eigenvalue weighted by Crippen LogP contribution is 2.33. The number of nitrogens with two attached hydrogens (primary N) is 1. The van der Waals surface area contributed by atoms with Gasteiger partial charge in [-0.25, -0.2) is 8.42 Å². The molecule has 21 heavy (non-hydrogen) atoms. The molecule has 7 heteroatoms. The fourth-order valence-electron chi connectivity index (χ4n) is 2.80. The van der Waals surface area contributed by atoms with Crippen LogP contribution in [0.4, 0.5) is 0 Å². The van der Waals surface area contributed by atoms with Gasteiger partial charge in [-0.15, -0.1) is 0 Å².